The van der Waals surface area contributed by atoms with Crippen LogP contribution < -0.4 is 10.0 Å². The van der Waals surface area contributed by atoms with E-state index in [1.54, 1.807) is 0 Å². The van der Waals surface area contributed by atoms with E-state index in [0.29, 0.717) is 0 Å². The van der Waals surface area contributed by atoms with Crippen molar-refractivity contribution in [2.75, 3.05) is 10.0 Å². The number of hydrazone groups is 2. The summed E-state index contributed by atoms with van der Waals surface area (Å²) in [6.45, 7) is 1.97. The zero-order valence-electron chi connectivity index (χ0n) is 38.6. The second-order valence-electron chi connectivity index (χ2n) is 17.8. The molecule has 12 nitrogen and oxygen atoms in total. The maximum atomic E-state index is 5.02. The van der Waals surface area contributed by atoms with Crippen LogP contribution in [0.1, 0.15) is 49.7 Å². The highest BCUT2D eigenvalue weighted by molar-refractivity contribution is 6.10. The molecule has 12 rings (SSSR count). The summed E-state index contributed by atoms with van der Waals surface area (Å²) in [5.41, 5.74) is 14.1. The number of anilines is 4. The molecule has 12 aromatic rings. The second kappa shape index (κ2) is 19.0. The van der Waals surface area contributed by atoms with E-state index in [1.165, 1.54) is 69.3 Å². The van der Waals surface area contributed by atoms with E-state index in [-0.39, 0.29) is 0 Å². The van der Waals surface area contributed by atoms with Crippen LogP contribution in [0.2, 0.25) is 0 Å². The minimum atomic E-state index is 0.795. The molecule has 4 heterocycles. The summed E-state index contributed by atoms with van der Waals surface area (Å²) >= 11 is 0. The van der Waals surface area contributed by atoms with Gasteiger partial charge in [0.2, 0.25) is 0 Å². The molecular weight excluding hydrogens is 865 g/mol. The van der Waals surface area contributed by atoms with E-state index in [2.05, 4.69) is 149 Å². The topological polar surface area (TPSA) is 124 Å². The van der Waals surface area contributed by atoms with Gasteiger partial charge in [0.05, 0.1) is 35.2 Å². The van der Waals surface area contributed by atoms with Crippen LogP contribution in [0, 0.1) is 0 Å². The van der Waals surface area contributed by atoms with E-state index in [1.807, 2.05) is 95.2 Å². The van der Waals surface area contributed by atoms with E-state index in [4.69, 9.17) is 10.2 Å². The molecule has 2 N–H and O–H groups in total. The fraction of sp³-hybridized carbons (Fsp3) is 0.138. The van der Waals surface area contributed by atoms with Crippen molar-refractivity contribution < 1.29 is 0 Å². The zero-order valence-corrected chi connectivity index (χ0v) is 38.6. The number of aromatic nitrogens is 8. The van der Waals surface area contributed by atoms with Crippen LogP contribution in [0.15, 0.2) is 192 Å². The van der Waals surface area contributed by atoms with Crippen molar-refractivity contribution in [3.63, 3.8) is 0 Å². The van der Waals surface area contributed by atoms with Gasteiger partial charge >= 0.3 is 0 Å². The van der Waals surface area contributed by atoms with Gasteiger partial charge in [-0.3, -0.25) is 0 Å². The lowest BCUT2D eigenvalue weighted by molar-refractivity contribution is 0.545. The number of H-pyrrole nitrogens is 2. The summed E-state index contributed by atoms with van der Waals surface area (Å²) in [7, 11) is 0. The lowest BCUT2D eigenvalue weighted by Crippen LogP contribution is -2.09. The summed E-state index contributed by atoms with van der Waals surface area (Å²) in [6.07, 6.45) is 11.0. The number of benzene rings is 8. The highest BCUT2D eigenvalue weighted by atomic mass is 15.5. The van der Waals surface area contributed by atoms with Gasteiger partial charge in [-0.1, -0.05) is 111 Å². The molecule has 0 atom stereocenters. The summed E-state index contributed by atoms with van der Waals surface area (Å²) in [5.74, 6) is 0. The predicted octanol–water partition coefficient (Wildman–Crippen LogP) is 13.8. The highest BCUT2D eigenvalue weighted by Crippen LogP contribution is 2.34. The van der Waals surface area contributed by atoms with E-state index >= 15 is 0 Å². The number of rotatable bonds is 17. The number of hydrogen-bond acceptors (Lipinski definition) is 8. The van der Waals surface area contributed by atoms with Crippen LogP contribution in [0.3, 0.4) is 0 Å². The maximum absolute atomic E-state index is 5.02. The third-order valence-electron chi connectivity index (χ3n) is 13.3. The van der Waals surface area contributed by atoms with Crippen molar-refractivity contribution in [3.8, 4) is 0 Å². The van der Waals surface area contributed by atoms with Crippen LogP contribution in [-0.2, 0) is 13.1 Å². The van der Waals surface area contributed by atoms with Crippen LogP contribution in [0.25, 0.3) is 65.7 Å². The Balaban J connectivity index is 0.691. The molecule has 0 amide bonds. The molecule has 0 unspecified atom stereocenters. The van der Waals surface area contributed by atoms with Gasteiger partial charge in [0.25, 0.3) is 0 Å². The summed E-state index contributed by atoms with van der Waals surface area (Å²) in [5, 5.41) is 41.5. The summed E-state index contributed by atoms with van der Waals surface area (Å²) in [6, 6.07) is 63.4. The van der Waals surface area contributed by atoms with Gasteiger partial charge in [-0.2, -0.15) is 41.0 Å². The van der Waals surface area contributed by atoms with Gasteiger partial charge in [0.15, 0.2) is 0 Å². The summed E-state index contributed by atoms with van der Waals surface area (Å²) in [4.78, 5) is 0. The van der Waals surface area contributed by atoms with Gasteiger partial charge in [-0.25, -0.2) is 10.0 Å². The van der Waals surface area contributed by atoms with Gasteiger partial charge < -0.3 is 9.13 Å². The third kappa shape index (κ3) is 8.40. The molecule has 0 fully saturated rings. The quantitative estimate of drug-likeness (QED) is 0.0532. The normalized spacial score (nSPS) is 12.1. The average molecular weight is 915 g/mol. The first-order valence-electron chi connectivity index (χ1n) is 24.1. The Morgan fingerprint density at radius 3 is 1.23 bits per heavy atom. The molecule has 8 aromatic carbocycles. The largest absolute Gasteiger partial charge is 0.340 e. The molecule has 4 aromatic heterocycles. The van der Waals surface area contributed by atoms with Gasteiger partial charge in [0, 0.05) is 56.7 Å². The molecule has 0 spiro atoms. The van der Waals surface area contributed by atoms with Crippen LogP contribution in [-0.4, -0.2) is 52.4 Å². The minimum Gasteiger partial charge on any atom is -0.340 e. The lowest BCUT2D eigenvalue weighted by atomic mass is 10.1. The third-order valence-corrected chi connectivity index (χ3v) is 13.3. The van der Waals surface area contributed by atoms with Crippen molar-refractivity contribution in [2.45, 2.75) is 51.6 Å². The van der Waals surface area contributed by atoms with Crippen LogP contribution >= 0.6 is 0 Å². The number of fused-ring (bicyclic) bond motifs is 8. The number of nitrogens with one attached hydrogen (secondary N) is 2. The fourth-order valence-corrected chi connectivity index (χ4v) is 9.90. The molecule has 12 heteroatoms. The molecule has 0 aliphatic rings. The second-order valence-corrected chi connectivity index (χ2v) is 17.8. The standard InChI is InChI=1S/C58H50N12/c1(3-15-33-67-55-23-13-11-21-47(55)49-35-41(25-31-57(49)67)39-59-69(43-17-7-5-8-18-43)45-27-29-51-53(37-45)63-65-61-51)2-4-16-34-68-56-24-14-12-22-48(56)50-36-42(26-32-58(50)68)40-60-70(44-19-9-6-10-20-44)46-28-30-52-54(38-46)64-66-62-52/h5-14,17-32,35-40H,1-4,15-16,33-34H2,(H,61,63,65)(H,62,64,66). The molecule has 342 valence electrons. The van der Waals surface area contributed by atoms with E-state index in [9.17, 15) is 0 Å². The molecule has 70 heavy (non-hydrogen) atoms. The van der Waals surface area contributed by atoms with E-state index in [0.717, 1.165) is 81.9 Å². The van der Waals surface area contributed by atoms with Crippen LogP contribution in [0.5, 0.6) is 0 Å². The molecule has 0 bridgehead atoms. The van der Waals surface area contributed by atoms with Gasteiger partial charge in [-0.15, -0.1) is 0 Å². The number of hydrogen-bond donors (Lipinski definition) is 2. The maximum Gasteiger partial charge on any atom is 0.115 e. The van der Waals surface area contributed by atoms with Crippen molar-refractivity contribution in [3.05, 3.63) is 193 Å². The first-order valence-corrected chi connectivity index (χ1v) is 24.1. The zero-order chi connectivity index (χ0) is 46.6. The van der Waals surface area contributed by atoms with Crippen molar-refractivity contribution in [1.29, 1.82) is 0 Å². The van der Waals surface area contributed by atoms with Crippen LogP contribution in [0.4, 0.5) is 22.7 Å². The molecule has 0 aliphatic heterocycles. The highest BCUT2D eigenvalue weighted by Gasteiger charge is 2.15. The minimum absolute atomic E-state index is 0.795. The molecule has 0 radical (unpaired) electrons. The summed E-state index contributed by atoms with van der Waals surface area (Å²) < 4.78 is 5.01. The van der Waals surface area contributed by atoms with Crippen molar-refractivity contribution >= 4 is 101 Å². The fourth-order valence-electron chi connectivity index (χ4n) is 9.90. The first kappa shape index (κ1) is 42.5. The van der Waals surface area contributed by atoms with Crippen molar-refractivity contribution in [1.82, 2.24) is 40.0 Å². The monoisotopic (exact) mass is 914 g/mol. The first-order chi connectivity index (χ1) is 34.7. The Morgan fingerprint density at radius 1 is 0.357 bits per heavy atom. The average Bonchev–Trinajstić information content (AvgIpc) is 4.22. The number of aromatic amines is 2. The molecule has 0 saturated carbocycles. The Labute approximate surface area is 404 Å². The molecular formula is C58H50N12. The Bertz CT molecular complexity index is 3570. The Morgan fingerprint density at radius 2 is 0.757 bits per heavy atom. The Kier molecular flexibility index (Phi) is 11.5. The number of nitrogens with zero attached hydrogens (tertiary/aromatic N) is 10. The van der Waals surface area contributed by atoms with Gasteiger partial charge in [-0.05, 0) is 121 Å². The predicted molar refractivity (Wildman–Crippen MR) is 287 cm³/mol. The Hall–Kier alpha value is -8.90. The number of aryl methyl sites for hydroxylation is 2. The lowest BCUT2D eigenvalue weighted by Gasteiger charge is -2.19. The van der Waals surface area contributed by atoms with Crippen molar-refractivity contribution in [2.24, 2.45) is 10.2 Å². The SMILES string of the molecule is C(=NN(c1ccccc1)c1ccc2n[nH]nc2c1)c1ccc2c(c1)c1ccccc1n2CCCCCCCCn1c2ccccc2c2cc(C=NN(c3ccccc3)c3ccc4n[nH]nc4c3)ccc21. The molecule has 0 saturated heterocycles. The smallest absolute Gasteiger partial charge is 0.115 e. The molecule has 0 aliphatic carbocycles. The van der Waals surface area contributed by atoms with E-state index < -0.39 is 0 Å². The number of para-hydroxylation sites is 4. The number of unbranched alkanes of at least 4 members (excludes halogenated alkanes) is 5. The van der Waals surface area contributed by atoms with Gasteiger partial charge in [0.1, 0.15) is 22.1 Å².